The number of H-pyrrole nitrogens is 1. The molecule has 0 aliphatic heterocycles. The van der Waals surface area contributed by atoms with Gasteiger partial charge in [-0.25, -0.2) is 8.42 Å². The summed E-state index contributed by atoms with van der Waals surface area (Å²) in [6.45, 7) is -0.410. The van der Waals surface area contributed by atoms with Crippen LogP contribution in [-0.2, 0) is 14.8 Å². The van der Waals surface area contributed by atoms with Crippen molar-refractivity contribution in [1.29, 1.82) is 0 Å². The minimum absolute atomic E-state index is 0.0447. The van der Waals surface area contributed by atoms with Gasteiger partial charge in [0.1, 0.15) is 6.04 Å². The van der Waals surface area contributed by atoms with Crippen molar-refractivity contribution in [2.24, 2.45) is 0 Å². The van der Waals surface area contributed by atoms with Crippen LogP contribution in [0.25, 0.3) is 0 Å². The zero-order valence-electron chi connectivity index (χ0n) is 8.25. The molecule has 0 fully saturated rings. The van der Waals surface area contributed by atoms with Crippen molar-refractivity contribution in [3.63, 3.8) is 0 Å². The number of nitrogens with one attached hydrogen (secondary N) is 2. The van der Waals surface area contributed by atoms with E-state index in [-0.39, 0.29) is 11.3 Å². The average Bonchev–Trinajstić information content (AvgIpc) is 2.69. The number of hydrogen-bond acceptors (Lipinski definition) is 4. The molecule has 0 saturated heterocycles. The number of carboxylic acid groups (broad SMARTS) is 1. The van der Waals surface area contributed by atoms with Crippen molar-refractivity contribution in [1.82, 2.24) is 9.71 Å². The van der Waals surface area contributed by atoms with E-state index < -0.39 is 28.6 Å². The third kappa shape index (κ3) is 3.05. The van der Waals surface area contributed by atoms with Crippen LogP contribution >= 0.6 is 0 Å². The highest BCUT2D eigenvalue weighted by Gasteiger charge is 2.24. The fourth-order valence-electron chi connectivity index (χ4n) is 1.09. The van der Waals surface area contributed by atoms with Gasteiger partial charge in [-0.3, -0.25) is 4.79 Å². The Morgan fingerprint density at radius 2 is 2.25 bits per heavy atom. The summed E-state index contributed by atoms with van der Waals surface area (Å²) in [4.78, 5) is 13.2. The van der Waals surface area contributed by atoms with E-state index in [2.05, 4.69) is 4.98 Å². The van der Waals surface area contributed by atoms with Crippen LogP contribution in [-0.4, -0.2) is 42.2 Å². The maximum absolute atomic E-state index is 11.6. The SMILES string of the molecule is O=C(O)[C@@H](CCO)NS(=O)(=O)c1cc[nH]c1. The molecule has 0 radical (unpaired) electrons. The van der Waals surface area contributed by atoms with Crippen molar-refractivity contribution in [2.75, 3.05) is 6.61 Å². The largest absolute Gasteiger partial charge is 0.480 e. The van der Waals surface area contributed by atoms with Gasteiger partial charge < -0.3 is 15.2 Å². The molecule has 90 valence electrons. The second-order valence-corrected chi connectivity index (χ2v) is 4.79. The number of aromatic amines is 1. The second kappa shape index (κ2) is 5.10. The van der Waals surface area contributed by atoms with Crippen LogP contribution in [0.2, 0.25) is 0 Å². The van der Waals surface area contributed by atoms with Gasteiger partial charge in [-0.1, -0.05) is 0 Å². The van der Waals surface area contributed by atoms with Crippen LogP contribution in [0.4, 0.5) is 0 Å². The van der Waals surface area contributed by atoms with Gasteiger partial charge in [0.25, 0.3) is 0 Å². The Bertz CT molecular complexity index is 439. The Morgan fingerprint density at radius 1 is 1.56 bits per heavy atom. The van der Waals surface area contributed by atoms with E-state index in [0.29, 0.717) is 0 Å². The zero-order chi connectivity index (χ0) is 12.2. The highest BCUT2D eigenvalue weighted by molar-refractivity contribution is 7.89. The first kappa shape index (κ1) is 12.7. The Kier molecular flexibility index (Phi) is 4.05. The Labute approximate surface area is 92.2 Å². The number of carboxylic acids is 1. The van der Waals surface area contributed by atoms with Gasteiger partial charge in [-0.05, 0) is 12.5 Å². The van der Waals surface area contributed by atoms with Crippen molar-refractivity contribution in [2.45, 2.75) is 17.4 Å². The smallest absolute Gasteiger partial charge is 0.321 e. The van der Waals surface area contributed by atoms with Gasteiger partial charge in [-0.2, -0.15) is 4.72 Å². The molecule has 1 atom stereocenters. The molecule has 0 aromatic carbocycles. The first-order valence-electron chi connectivity index (χ1n) is 4.46. The molecular formula is C8H12N2O5S. The van der Waals surface area contributed by atoms with Crippen molar-refractivity contribution >= 4 is 16.0 Å². The van der Waals surface area contributed by atoms with Gasteiger partial charge in [0.15, 0.2) is 0 Å². The second-order valence-electron chi connectivity index (χ2n) is 3.07. The van der Waals surface area contributed by atoms with E-state index >= 15 is 0 Å². The standard InChI is InChI=1S/C8H12N2O5S/c11-4-2-7(8(12)13)10-16(14,15)6-1-3-9-5-6/h1,3,5,7,9-11H,2,4H2,(H,12,13)/t7-/m1/s1. The molecule has 1 rings (SSSR count). The fraction of sp³-hybridized carbons (Fsp3) is 0.375. The van der Waals surface area contributed by atoms with Gasteiger partial charge in [-0.15, -0.1) is 0 Å². The zero-order valence-corrected chi connectivity index (χ0v) is 9.07. The molecule has 16 heavy (non-hydrogen) atoms. The molecule has 0 spiro atoms. The maximum atomic E-state index is 11.6. The lowest BCUT2D eigenvalue weighted by Crippen LogP contribution is -2.41. The normalized spacial score (nSPS) is 13.6. The van der Waals surface area contributed by atoms with Crippen molar-refractivity contribution in [3.8, 4) is 0 Å². The molecule has 4 N–H and O–H groups in total. The molecule has 0 amide bonds. The summed E-state index contributed by atoms with van der Waals surface area (Å²) in [6.07, 6.45) is 2.47. The highest BCUT2D eigenvalue weighted by atomic mass is 32.2. The third-order valence-corrected chi connectivity index (χ3v) is 3.36. The number of rotatable bonds is 6. The van der Waals surface area contributed by atoms with Crippen LogP contribution in [0.5, 0.6) is 0 Å². The topological polar surface area (TPSA) is 119 Å². The molecule has 0 aliphatic carbocycles. The minimum atomic E-state index is -3.86. The van der Waals surface area contributed by atoms with Gasteiger partial charge >= 0.3 is 5.97 Å². The molecule has 1 aromatic rings. The van der Waals surface area contributed by atoms with Crippen LogP contribution in [0.3, 0.4) is 0 Å². The molecule has 1 heterocycles. The van der Waals surface area contributed by atoms with Crippen LogP contribution in [0, 0.1) is 0 Å². The van der Waals surface area contributed by atoms with E-state index in [0.717, 1.165) is 0 Å². The lowest BCUT2D eigenvalue weighted by atomic mass is 10.2. The number of hydrogen-bond donors (Lipinski definition) is 4. The summed E-state index contributed by atoms with van der Waals surface area (Å²) >= 11 is 0. The van der Waals surface area contributed by atoms with Crippen LogP contribution in [0.15, 0.2) is 23.4 Å². The number of carbonyl (C=O) groups is 1. The van der Waals surface area contributed by atoms with E-state index in [1.807, 2.05) is 4.72 Å². The van der Waals surface area contributed by atoms with Gasteiger partial charge in [0.2, 0.25) is 10.0 Å². The predicted octanol–water partition coefficient (Wildman–Crippen LogP) is -0.871. The van der Waals surface area contributed by atoms with Crippen molar-refractivity contribution < 1.29 is 23.4 Å². The molecule has 1 aromatic heterocycles. The Morgan fingerprint density at radius 3 is 2.69 bits per heavy atom. The Hall–Kier alpha value is -1.38. The summed E-state index contributed by atoms with van der Waals surface area (Å²) in [6, 6.07) is -0.0231. The molecule has 0 aliphatic rings. The van der Waals surface area contributed by atoms with E-state index in [1.165, 1.54) is 18.5 Å². The average molecular weight is 248 g/mol. The van der Waals surface area contributed by atoms with E-state index in [1.54, 1.807) is 0 Å². The summed E-state index contributed by atoms with van der Waals surface area (Å²) in [5.41, 5.74) is 0. The van der Waals surface area contributed by atoms with Gasteiger partial charge in [0, 0.05) is 19.0 Å². The predicted molar refractivity (Wildman–Crippen MR) is 54.2 cm³/mol. The van der Waals surface area contributed by atoms with Gasteiger partial charge in [0.05, 0.1) is 4.90 Å². The molecule has 8 heteroatoms. The highest BCUT2D eigenvalue weighted by Crippen LogP contribution is 2.08. The monoisotopic (exact) mass is 248 g/mol. The molecule has 0 unspecified atom stereocenters. The summed E-state index contributed by atoms with van der Waals surface area (Å²) < 4.78 is 25.2. The molecule has 0 saturated carbocycles. The summed E-state index contributed by atoms with van der Waals surface area (Å²) in [5.74, 6) is -1.33. The minimum Gasteiger partial charge on any atom is -0.480 e. The van der Waals surface area contributed by atoms with Crippen molar-refractivity contribution in [3.05, 3.63) is 18.5 Å². The lowest BCUT2D eigenvalue weighted by molar-refractivity contribution is -0.139. The molecular weight excluding hydrogens is 236 g/mol. The summed E-state index contributed by atoms with van der Waals surface area (Å²) in [5, 5.41) is 17.3. The summed E-state index contributed by atoms with van der Waals surface area (Å²) in [7, 11) is -3.86. The quantitative estimate of drug-likeness (QED) is 0.521. The maximum Gasteiger partial charge on any atom is 0.321 e. The first-order chi connectivity index (χ1) is 7.47. The van der Waals surface area contributed by atoms with E-state index in [9.17, 15) is 13.2 Å². The number of sulfonamides is 1. The third-order valence-electron chi connectivity index (χ3n) is 1.89. The first-order valence-corrected chi connectivity index (χ1v) is 5.94. The fourth-order valence-corrected chi connectivity index (χ4v) is 2.29. The Balaban J connectivity index is 2.82. The number of aliphatic carboxylic acids is 1. The molecule has 7 nitrogen and oxygen atoms in total. The number of aliphatic hydroxyl groups is 1. The van der Waals surface area contributed by atoms with Crippen LogP contribution in [0.1, 0.15) is 6.42 Å². The van der Waals surface area contributed by atoms with Crippen LogP contribution < -0.4 is 4.72 Å². The number of aromatic nitrogens is 1. The lowest BCUT2D eigenvalue weighted by Gasteiger charge is -2.12. The number of aliphatic hydroxyl groups excluding tert-OH is 1. The molecule has 0 bridgehead atoms. The van der Waals surface area contributed by atoms with E-state index in [4.69, 9.17) is 10.2 Å².